The van der Waals surface area contributed by atoms with Crippen molar-refractivity contribution in [2.75, 3.05) is 26.1 Å². The van der Waals surface area contributed by atoms with Crippen molar-refractivity contribution >= 4 is 17.6 Å². The lowest BCUT2D eigenvalue weighted by molar-refractivity contribution is -0.254. The standard InChI is InChI=1S/C19H21NO6/c1-4-12-6-5-7-13(8-12)26-11-18(21)20-15-10-17(25-3)16(24-2)9-14(15)19(22)23/h5-10H,4,11H2,1-3H3,(H,20,21)(H,22,23)/p-1. The minimum Gasteiger partial charge on any atom is -0.545 e. The fraction of sp³-hybridized carbons (Fsp3) is 0.263. The van der Waals surface area contributed by atoms with Crippen molar-refractivity contribution in [3.63, 3.8) is 0 Å². The van der Waals surface area contributed by atoms with E-state index < -0.39 is 11.9 Å². The maximum atomic E-state index is 12.1. The molecular weight excluding hydrogens is 338 g/mol. The molecule has 2 rings (SSSR count). The van der Waals surface area contributed by atoms with Crippen LogP contribution in [0, 0.1) is 0 Å². The third-order valence-electron chi connectivity index (χ3n) is 3.69. The lowest BCUT2D eigenvalue weighted by Gasteiger charge is -2.16. The number of aromatic carboxylic acids is 1. The summed E-state index contributed by atoms with van der Waals surface area (Å²) in [6.45, 7) is 1.75. The van der Waals surface area contributed by atoms with Crippen LogP contribution in [0.25, 0.3) is 0 Å². The molecular formula is C19H20NO6-. The average Bonchev–Trinajstić information content (AvgIpc) is 2.65. The van der Waals surface area contributed by atoms with Gasteiger partial charge in [-0.1, -0.05) is 19.1 Å². The van der Waals surface area contributed by atoms with Crippen LogP contribution in [0.5, 0.6) is 17.2 Å². The van der Waals surface area contributed by atoms with Crippen LogP contribution in [0.3, 0.4) is 0 Å². The SMILES string of the molecule is CCc1cccc(OCC(=O)Nc2cc(OC)c(OC)cc2C(=O)[O-])c1. The van der Waals surface area contributed by atoms with Gasteiger partial charge in [-0.25, -0.2) is 0 Å². The topological polar surface area (TPSA) is 96.9 Å². The molecule has 1 amide bonds. The van der Waals surface area contributed by atoms with Crippen molar-refractivity contribution in [2.24, 2.45) is 0 Å². The summed E-state index contributed by atoms with van der Waals surface area (Å²) in [6, 6.07) is 9.98. The Balaban J connectivity index is 2.13. The van der Waals surface area contributed by atoms with Crippen molar-refractivity contribution in [3.05, 3.63) is 47.5 Å². The Labute approximate surface area is 151 Å². The molecule has 1 N–H and O–H groups in total. The molecule has 26 heavy (non-hydrogen) atoms. The first-order valence-electron chi connectivity index (χ1n) is 7.97. The molecule has 0 spiro atoms. The number of nitrogens with one attached hydrogen (secondary N) is 1. The lowest BCUT2D eigenvalue weighted by atomic mass is 10.1. The van der Waals surface area contributed by atoms with E-state index in [1.807, 2.05) is 25.1 Å². The van der Waals surface area contributed by atoms with Gasteiger partial charge in [-0.05, 0) is 30.2 Å². The van der Waals surface area contributed by atoms with Crippen molar-refractivity contribution in [3.8, 4) is 17.2 Å². The summed E-state index contributed by atoms with van der Waals surface area (Å²) in [5.74, 6) is -0.895. The van der Waals surface area contributed by atoms with Gasteiger partial charge in [0, 0.05) is 11.6 Å². The molecule has 0 aliphatic carbocycles. The van der Waals surface area contributed by atoms with Crippen molar-refractivity contribution in [1.82, 2.24) is 0 Å². The van der Waals surface area contributed by atoms with Gasteiger partial charge in [-0.3, -0.25) is 4.79 Å². The Hall–Kier alpha value is -3.22. The second-order valence-corrected chi connectivity index (χ2v) is 5.38. The third kappa shape index (κ3) is 4.66. The van der Waals surface area contributed by atoms with Gasteiger partial charge in [0.15, 0.2) is 18.1 Å². The predicted octanol–water partition coefficient (Wildman–Crippen LogP) is 1.65. The molecule has 2 aromatic rings. The van der Waals surface area contributed by atoms with Crippen LogP contribution in [0.15, 0.2) is 36.4 Å². The first-order chi connectivity index (χ1) is 12.5. The Morgan fingerprint density at radius 2 is 1.77 bits per heavy atom. The smallest absolute Gasteiger partial charge is 0.262 e. The van der Waals surface area contributed by atoms with Gasteiger partial charge in [0.25, 0.3) is 5.91 Å². The minimum atomic E-state index is -1.45. The second-order valence-electron chi connectivity index (χ2n) is 5.38. The molecule has 0 saturated carbocycles. The summed E-state index contributed by atoms with van der Waals surface area (Å²) in [4.78, 5) is 23.5. The third-order valence-corrected chi connectivity index (χ3v) is 3.69. The quantitative estimate of drug-likeness (QED) is 0.771. The molecule has 0 atom stereocenters. The van der Waals surface area contributed by atoms with E-state index in [0.717, 1.165) is 12.0 Å². The average molecular weight is 358 g/mol. The number of amides is 1. The summed E-state index contributed by atoms with van der Waals surface area (Å²) in [6.07, 6.45) is 0.851. The van der Waals surface area contributed by atoms with E-state index in [9.17, 15) is 14.7 Å². The number of carbonyl (C=O) groups excluding carboxylic acids is 2. The fourth-order valence-electron chi connectivity index (χ4n) is 2.34. The summed E-state index contributed by atoms with van der Waals surface area (Å²) in [5, 5.41) is 13.8. The maximum Gasteiger partial charge on any atom is 0.262 e. The van der Waals surface area contributed by atoms with Crippen LogP contribution in [0.1, 0.15) is 22.8 Å². The predicted molar refractivity (Wildman–Crippen MR) is 93.8 cm³/mol. The Kier molecular flexibility index (Phi) is 6.43. The van der Waals surface area contributed by atoms with Crippen LogP contribution in [-0.2, 0) is 11.2 Å². The second kappa shape index (κ2) is 8.75. The van der Waals surface area contributed by atoms with Crippen LogP contribution in [0.4, 0.5) is 5.69 Å². The molecule has 7 heteroatoms. The normalized spacial score (nSPS) is 10.1. The number of benzene rings is 2. The zero-order chi connectivity index (χ0) is 19.1. The molecule has 0 aliphatic heterocycles. The van der Waals surface area contributed by atoms with Gasteiger partial charge >= 0.3 is 0 Å². The van der Waals surface area contributed by atoms with Gasteiger partial charge in [-0.15, -0.1) is 0 Å². The van der Waals surface area contributed by atoms with Gasteiger partial charge in [-0.2, -0.15) is 0 Å². The number of carboxylic acids is 1. The van der Waals surface area contributed by atoms with Crippen molar-refractivity contribution in [1.29, 1.82) is 0 Å². The van der Waals surface area contributed by atoms with E-state index in [0.29, 0.717) is 5.75 Å². The van der Waals surface area contributed by atoms with E-state index in [2.05, 4.69) is 5.32 Å². The van der Waals surface area contributed by atoms with Crippen molar-refractivity contribution < 1.29 is 28.9 Å². The van der Waals surface area contributed by atoms with E-state index in [-0.39, 0.29) is 29.4 Å². The molecule has 0 heterocycles. The molecule has 0 bridgehead atoms. The van der Waals surface area contributed by atoms with Gasteiger partial charge in [0.05, 0.1) is 25.9 Å². The fourth-order valence-corrected chi connectivity index (χ4v) is 2.34. The van der Waals surface area contributed by atoms with Crippen LogP contribution in [0.2, 0.25) is 0 Å². The Morgan fingerprint density at radius 3 is 2.38 bits per heavy atom. The highest BCUT2D eigenvalue weighted by molar-refractivity contribution is 6.01. The molecule has 0 saturated heterocycles. The highest BCUT2D eigenvalue weighted by Crippen LogP contribution is 2.33. The Bertz CT molecular complexity index is 803. The molecule has 7 nitrogen and oxygen atoms in total. The number of carbonyl (C=O) groups is 2. The molecule has 0 fully saturated rings. The Morgan fingerprint density at radius 1 is 1.08 bits per heavy atom. The number of methoxy groups -OCH3 is 2. The maximum absolute atomic E-state index is 12.1. The highest BCUT2D eigenvalue weighted by Gasteiger charge is 2.14. The van der Waals surface area contributed by atoms with E-state index in [1.165, 1.54) is 26.4 Å². The number of rotatable bonds is 8. The van der Waals surface area contributed by atoms with Crippen LogP contribution in [-0.4, -0.2) is 32.7 Å². The molecule has 2 aromatic carbocycles. The number of hydrogen-bond acceptors (Lipinski definition) is 6. The number of hydrogen-bond donors (Lipinski definition) is 1. The summed E-state index contributed by atoms with van der Waals surface area (Å²) in [5.41, 5.74) is 0.907. The van der Waals surface area contributed by atoms with Gasteiger partial charge in [0.2, 0.25) is 0 Å². The number of carboxylic acid groups (broad SMARTS) is 1. The summed E-state index contributed by atoms with van der Waals surface area (Å²) >= 11 is 0. The van der Waals surface area contributed by atoms with Crippen LogP contribution < -0.4 is 24.6 Å². The van der Waals surface area contributed by atoms with Gasteiger partial charge in [0.1, 0.15) is 5.75 Å². The monoisotopic (exact) mass is 358 g/mol. The number of aryl methyl sites for hydroxylation is 1. The van der Waals surface area contributed by atoms with E-state index in [1.54, 1.807) is 6.07 Å². The first-order valence-corrected chi connectivity index (χ1v) is 7.97. The highest BCUT2D eigenvalue weighted by atomic mass is 16.5. The van der Waals surface area contributed by atoms with Crippen molar-refractivity contribution in [2.45, 2.75) is 13.3 Å². The van der Waals surface area contributed by atoms with E-state index in [4.69, 9.17) is 14.2 Å². The molecule has 0 radical (unpaired) electrons. The first kappa shape index (κ1) is 19.1. The molecule has 138 valence electrons. The zero-order valence-corrected chi connectivity index (χ0v) is 14.8. The number of ether oxygens (including phenoxy) is 3. The zero-order valence-electron chi connectivity index (χ0n) is 14.8. The van der Waals surface area contributed by atoms with Crippen LogP contribution >= 0.6 is 0 Å². The lowest BCUT2D eigenvalue weighted by Crippen LogP contribution is -2.26. The van der Waals surface area contributed by atoms with Gasteiger partial charge < -0.3 is 29.4 Å². The summed E-state index contributed by atoms with van der Waals surface area (Å²) in [7, 11) is 2.79. The minimum absolute atomic E-state index is 0.0403. The largest absolute Gasteiger partial charge is 0.545 e. The summed E-state index contributed by atoms with van der Waals surface area (Å²) < 4.78 is 15.6. The van der Waals surface area contributed by atoms with E-state index >= 15 is 0 Å². The molecule has 0 aliphatic rings. The molecule has 0 aromatic heterocycles. The molecule has 0 unspecified atom stereocenters. The number of anilines is 1.